The molecule has 0 amide bonds. The fourth-order valence-corrected chi connectivity index (χ4v) is 1.48. The van der Waals surface area contributed by atoms with Crippen LogP contribution in [0.15, 0.2) is 0 Å². The van der Waals surface area contributed by atoms with Crippen molar-refractivity contribution >= 4 is 0 Å². The van der Waals surface area contributed by atoms with Crippen molar-refractivity contribution in [1.82, 2.24) is 0 Å². The first kappa shape index (κ1) is 19.6. The van der Waals surface area contributed by atoms with Crippen molar-refractivity contribution in [3.8, 4) is 0 Å². The molecule has 0 bridgehead atoms. The zero-order chi connectivity index (χ0) is 16.0. The predicted molar refractivity (Wildman–Crippen MR) is 62.2 cm³/mol. The Morgan fingerprint density at radius 2 is 0.600 bits per heavy atom. The lowest BCUT2D eigenvalue weighted by molar-refractivity contribution is -0.181. The van der Waals surface area contributed by atoms with Crippen LogP contribution in [0.25, 0.3) is 0 Å². The van der Waals surface area contributed by atoms with Crippen LogP contribution in [0.4, 0.5) is 0 Å². The van der Waals surface area contributed by atoms with E-state index < -0.39 is 62.0 Å². The molecule has 0 aromatic carbocycles. The molecule has 0 radical (unpaired) electrons. The summed E-state index contributed by atoms with van der Waals surface area (Å²) in [5, 5.41) is 91.8. The number of aliphatic hydroxyl groups excluding tert-OH is 10. The summed E-state index contributed by atoms with van der Waals surface area (Å²) in [6, 6.07) is 0. The first-order chi connectivity index (χ1) is 9.18. The van der Waals surface area contributed by atoms with Gasteiger partial charge < -0.3 is 51.1 Å². The van der Waals surface area contributed by atoms with Crippen molar-refractivity contribution in [2.24, 2.45) is 0 Å². The van der Waals surface area contributed by atoms with Gasteiger partial charge >= 0.3 is 0 Å². The molecular formula is C10H22O10. The number of hydrogen-bond donors (Lipinski definition) is 10. The van der Waals surface area contributed by atoms with E-state index in [0.717, 1.165) is 0 Å². The van der Waals surface area contributed by atoms with Crippen LogP contribution in [-0.4, -0.2) is 113 Å². The van der Waals surface area contributed by atoms with E-state index in [4.69, 9.17) is 20.4 Å². The highest BCUT2D eigenvalue weighted by molar-refractivity contribution is 4.91. The zero-order valence-electron chi connectivity index (χ0n) is 10.5. The van der Waals surface area contributed by atoms with Gasteiger partial charge in [0.1, 0.15) is 48.8 Å². The Kier molecular flexibility index (Phi) is 8.62. The van der Waals surface area contributed by atoms with Crippen molar-refractivity contribution in [3.63, 3.8) is 0 Å². The van der Waals surface area contributed by atoms with Gasteiger partial charge in [-0.3, -0.25) is 0 Å². The molecule has 0 aliphatic carbocycles. The molecule has 0 saturated carbocycles. The number of hydrogen-bond acceptors (Lipinski definition) is 10. The van der Waals surface area contributed by atoms with Crippen LogP contribution >= 0.6 is 0 Å². The van der Waals surface area contributed by atoms with Gasteiger partial charge in [-0.15, -0.1) is 0 Å². The largest absolute Gasteiger partial charge is 0.394 e. The molecule has 10 heteroatoms. The molecule has 0 aromatic heterocycles. The van der Waals surface area contributed by atoms with Gasteiger partial charge in [0.25, 0.3) is 0 Å². The molecule has 0 aromatic rings. The quantitative estimate of drug-likeness (QED) is 0.195. The standard InChI is InChI=1S/C10H22O10/c11-1-3(13)5(15)7(17)9(19)10(20)8(18)6(16)4(14)2-12/h3-20H,1-2H2/t3-,4-,5-,6-,7+,8+,9+,10+/m1/s1. The van der Waals surface area contributed by atoms with Crippen molar-refractivity contribution in [2.75, 3.05) is 13.2 Å². The minimum Gasteiger partial charge on any atom is -0.394 e. The minimum atomic E-state index is -2.19. The van der Waals surface area contributed by atoms with Gasteiger partial charge in [0, 0.05) is 0 Å². The fourth-order valence-electron chi connectivity index (χ4n) is 1.48. The molecule has 122 valence electrons. The topological polar surface area (TPSA) is 202 Å². The van der Waals surface area contributed by atoms with E-state index >= 15 is 0 Å². The summed E-state index contributed by atoms with van der Waals surface area (Å²) in [6.07, 6.45) is -16.3. The second-order valence-electron chi connectivity index (χ2n) is 4.44. The molecule has 8 atom stereocenters. The summed E-state index contributed by atoms with van der Waals surface area (Å²) < 4.78 is 0. The summed E-state index contributed by atoms with van der Waals surface area (Å²) in [5.74, 6) is 0. The number of aliphatic hydroxyl groups is 10. The highest BCUT2D eigenvalue weighted by Gasteiger charge is 2.40. The third kappa shape index (κ3) is 4.86. The van der Waals surface area contributed by atoms with E-state index in [1.807, 2.05) is 0 Å². The van der Waals surface area contributed by atoms with Crippen LogP contribution < -0.4 is 0 Å². The van der Waals surface area contributed by atoms with Crippen molar-refractivity contribution < 1.29 is 51.1 Å². The molecule has 0 saturated heterocycles. The average Bonchev–Trinajstić information content (AvgIpc) is 2.48. The minimum absolute atomic E-state index is 0.921. The lowest BCUT2D eigenvalue weighted by atomic mass is 9.93. The van der Waals surface area contributed by atoms with Gasteiger partial charge in [-0.25, -0.2) is 0 Å². The summed E-state index contributed by atoms with van der Waals surface area (Å²) in [7, 11) is 0. The van der Waals surface area contributed by atoms with Crippen molar-refractivity contribution in [1.29, 1.82) is 0 Å². The maximum Gasteiger partial charge on any atom is 0.111 e. The van der Waals surface area contributed by atoms with Crippen LogP contribution in [0.5, 0.6) is 0 Å². The van der Waals surface area contributed by atoms with E-state index in [-0.39, 0.29) is 0 Å². The summed E-state index contributed by atoms with van der Waals surface area (Å²) >= 11 is 0. The highest BCUT2D eigenvalue weighted by Crippen LogP contribution is 2.14. The fraction of sp³-hybridized carbons (Fsp3) is 1.00. The molecule has 0 rings (SSSR count). The highest BCUT2D eigenvalue weighted by atomic mass is 16.4. The lowest BCUT2D eigenvalue weighted by Gasteiger charge is -2.32. The Morgan fingerprint density at radius 1 is 0.400 bits per heavy atom. The van der Waals surface area contributed by atoms with Crippen LogP contribution in [0.1, 0.15) is 0 Å². The molecule has 0 heterocycles. The smallest absolute Gasteiger partial charge is 0.111 e. The maximum absolute atomic E-state index is 9.51. The Morgan fingerprint density at radius 3 is 0.800 bits per heavy atom. The predicted octanol–water partition coefficient (Wildman–Crippen LogP) is -6.14. The lowest BCUT2D eigenvalue weighted by Crippen LogP contribution is -2.56. The Balaban J connectivity index is 4.71. The third-order valence-corrected chi connectivity index (χ3v) is 2.91. The normalized spacial score (nSPS) is 24.3. The zero-order valence-corrected chi connectivity index (χ0v) is 10.5. The van der Waals surface area contributed by atoms with Crippen LogP contribution in [0, 0.1) is 0 Å². The third-order valence-electron chi connectivity index (χ3n) is 2.91. The van der Waals surface area contributed by atoms with E-state index in [2.05, 4.69) is 0 Å². The summed E-state index contributed by atoms with van der Waals surface area (Å²) in [4.78, 5) is 0. The van der Waals surface area contributed by atoms with Gasteiger partial charge in [0.15, 0.2) is 0 Å². The van der Waals surface area contributed by atoms with Gasteiger partial charge in [0.05, 0.1) is 13.2 Å². The second-order valence-corrected chi connectivity index (χ2v) is 4.44. The number of rotatable bonds is 9. The van der Waals surface area contributed by atoms with Gasteiger partial charge in [-0.1, -0.05) is 0 Å². The Labute approximate surface area is 114 Å². The summed E-state index contributed by atoms with van der Waals surface area (Å²) in [6.45, 7) is -1.84. The first-order valence-electron chi connectivity index (χ1n) is 5.85. The molecule has 0 fully saturated rings. The second kappa shape index (κ2) is 8.79. The van der Waals surface area contributed by atoms with E-state index in [9.17, 15) is 30.6 Å². The van der Waals surface area contributed by atoms with E-state index in [1.54, 1.807) is 0 Å². The van der Waals surface area contributed by atoms with Crippen LogP contribution in [0.3, 0.4) is 0 Å². The molecular weight excluding hydrogens is 280 g/mol. The SMILES string of the molecule is OC[C@@H](O)[C@@H](O)[C@H](O)[C@H](O)[C@@H](O)[C@@H](O)[C@H](O)[C@H](O)CO. The van der Waals surface area contributed by atoms with Crippen molar-refractivity contribution in [3.05, 3.63) is 0 Å². The first-order valence-corrected chi connectivity index (χ1v) is 5.85. The Hall–Kier alpha value is -0.400. The van der Waals surface area contributed by atoms with E-state index in [0.29, 0.717) is 0 Å². The van der Waals surface area contributed by atoms with Crippen molar-refractivity contribution in [2.45, 2.75) is 48.8 Å². The monoisotopic (exact) mass is 302 g/mol. The van der Waals surface area contributed by atoms with Gasteiger partial charge in [-0.05, 0) is 0 Å². The molecule has 10 nitrogen and oxygen atoms in total. The van der Waals surface area contributed by atoms with Crippen LogP contribution in [0.2, 0.25) is 0 Å². The van der Waals surface area contributed by atoms with E-state index in [1.165, 1.54) is 0 Å². The molecule has 20 heavy (non-hydrogen) atoms. The molecule has 0 unspecified atom stereocenters. The molecule has 0 spiro atoms. The average molecular weight is 302 g/mol. The molecule has 10 N–H and O–H groups in total. The van der Waals surface area contributed by atoms with Gasteiger partial charge in [-0.2, -0.15) is 0 Å². The summed E-state index contributed by atoms with van der Waals surface area (Å²) in [5.41, 5.74) is 0. The maximum atomic E-state index is 9.51. The van der Waals surface area contributed by atoms with Crippen LogP contribution in [-0.2, 0) is 0 Å². The molecule has 0 aliphatic heterocycles. The Bertz CT molecular complexity index is 238. The van der Waals surface area contributed by atoms with Gasteiger partial charge in [0.2, 0.25) is 0 Å². The molecule has 0 aliphatic rings.